The standard InChI is InChI=1S/C20H26N2O.ClH/c1-15(14-20(2,3)17-7-5-4-6-8-17)22-19(23)13-16-9-11-18(21)12-10-16;/h4-12,15H,13-14,21H2,1-3H3,(H,22,23);1H. The molecule has 1 amide bonds. The van der Waals surface area contributed by atoms with E-state index in [9.17, 15) is 4.79 Å². The molecule has 0 aromatic heterocycles. The molecule has 3 N–H and O–H groups in total. The molecule has 0 fully saturated rings. The van der Waals surface area contributed by atoms with Crippen LogP contribution in [0.1, 0.15) is 38.3 Å². The van der Waals surface area contributed by atoms with Gasteiger partial charge in [-0.05, 0) is 42.0 Å². The van der Waals surface area contributed by atoms with E-state index in [2.05, 4.69) is 50.4 Å². The summed E-state index contributed by atoms with van der Waals surface area (Å²) in [7, 11) is 0. The third-order valence-electron chi connectivity index (χ3n) is 4.12. The molecule has 0 radical (unpaired) electrons. The van der Waals surface area contributed by atoms with Gasteiger partial charge in [0.05, 0.1) is 6.42 Å². The quantitative estimate of drug-likeness (QED) is 0.773. The number of amides is 1. The Morgan fingerprint density at radius 3 is 2.25 bits per heavy atom. The van der Waals surface area contributed by atoms with Crippen LogP contribution in [0.4, 0.5) is 5.69 Å². The van der Waals surface area contributed by atoms with Crippen molar-refractivity contribution in [2.24, 2.45) is 0 Å². The van der Waals surface area contributed by atoms with E-state index in [-0.39, 0.29) is 29.8 Å². The number of anilines is 1. The van der Waals surface area contributed by atoms with Gasteiger partial charge in [0.1, 0.15) is 0 Å². The Hall–Kier alpha value is -2.00. The Morgan fingerprint density at radius 1 is 1.08 bits per heavy atom. The summed E-state index contributed by atoms with van der Waals surface area (Å²) < 4.78 is 0. The number of carbonyl (C=O) groups excluding carboxylic acids is 1. The zero-order chi connectivity index (χ0) is 16.9. The van der Waals surface area contributed by atoms with Crippen LogP contribution in [0.15, 0.2) is 54.6 Å². The summed E-state index contributed by atoms with van der Waals surface area (Å²) in [4.78, 5) is 12.2. The average molecular weight is 347 g/mol. The van der Waals surface area contributed by atoms with Gasteiger partial charge in [0.25, 0.3) is 0 Å². The molecule has 0 aliphatic carbocycles. The number of carbonyl (C=O) groups is 1. The molecular formula is C20H27ClN2O. The predicted octanol–water partition coefficient (Wildman–Crippen LogP) is 4.11. The van der Waals surface area contributed by atoms with Crippen molar-refractivity contribution in [1.82, 2.24) is 5.32 Å². The topological polar surface area (TPSA) is 55.1 Å². The van der Waals surface area contributed by atoms with Crippen LogP contribution in [-0.4, -0.2) is 11.9 Å². The van der Waals surface area contributed by atoms with Gasteiger partial charge in [0.2, 0.25) is 5.91 Å². The van der Waals surface area contributed by atoms with E-state index < -0.39 is 0 Å². The van der Waals surface area contributed by atoms with Crippen molar-refractivity contribution in [2.45, 2.75) is 45.1 Å². The van der Waals surface area contributed by atoms with Crippen LogP contribution < -0.4 is 11.1 Å². The SMILES string of the molecule is CC(CC(C)(C)c1ccccc1)NC(=O)Cc1ccc(N)cc1.Cl. The molecule has 0 bridgehead atoms. The van der Waals surface area contributed by atoms with Crippen molar-refractivity contribution in [3.63, 3.8) is 0 Å². The van der Waals surface area contributed by atoms with Gasteiger partial charge in [0, 0.05) is 11.7 Å². The fraction of sp³-hybridized carbons (Fsp3) is 0.350. The lowest BCUT2D eigenvalue weighted by atomic mass is 9.79. The number of nitrogens with two attached hydrogens (primary N) is 1. The minimum Gasteiger partial charge on any atom is -0.399 e. The molecular weight excluding hydrogens is 320 g/mol. The van der Waals surface area contributed by atoms with Gasteiger partial charge >= 0.3 is 0 Å². The maximum Gasteiger partial charge on any atom is 0.224 e. The summed E-state index contributed by atoms with van der Waals surface area (Å²) >= 11 is 0. The minimum absolute atomic E-state index is 0. The predicted molar refractivity (Wildman–Crippen MR) is 103 cm³/mol. The second-order valence-corrected chi connectivity index (χ2v) is 6.84. The third-order valence-corrected chi connectivity index (χ3v) is 4.12. The molecule has 0 saturated carbocycles. The molecule has 3 nitrogen and oxygen atoms in total. The maximum atomic E-state index is 12.2. The van der Waals surface area contributed by atoms with Crippen LogP contribution >= 0.6 is 12.4 Å². The molecule has 130 valence electrons. The van der Waals surface area contributed by atoms with E-state index >= 15 is 0 Å². The molecule has 1 unspecified atom stereocenters. The number of halogens is 1. The van der Waals surface area contributed by atoms with Crippen LogP contribution in [0.25, 0.3) is 0 Å². The largest absolute Gasteiger partial charge is 0.399 e. The van der Waals surface area contributed by atoms with Crippen LogP contribution in [0, 0.1) is 0 Å². The Kier molecular flexibility index (Phi) is 7.30. The molecule has 0 spiro atoms. The van der Waals surface area contributed by atoms with Crippen LogP contribution in [0.2, 0.25) is 0 Å². The second kappa shape index (κ2) is 8.74. The van der Waals surface area contributed by atoms with Crippen molar-refractivity contribution in [3.8, 4) is 0 Å². The Balaban J connectivity index is 0.00000288. The van der Waals surface area contributed by atoms with Crippen LogP contribution in [0.3, 0.4) is 0 Å². The highest BCUT2D eigenvalue weighted by Gasteiger charge is 2.23. The molecule has 0 aliphatic rings. The van der Waals surface area contributed by atoms with Crippen molar-refractivity contribution in [3.05, 3.63) is 65.7 Å². The van der Waals surface area contributed by atoms with Gasteiger partial charge in [-0.25, -0.2) is 0 Å². The Bertz CT molecular complexity index is 638. The molecule has 1 atom stereocenters. The summed E-state index contributed by atoms with van der Waals surface area (Å²) in [5.74, 6) is 0.0473. The van der Waals surface area contributed by atoms with E-state index in [1.54, 1.807) is 0 Å². The molecule has 0 saturated heterocycles. The summed E-state index contributed by atoms with van der Waals surface area (Å²) in [6.45, 7) is 6.49. The first-order chi connectivity index (χ1) is 10.9. The van der Waals surface area contributed by atoms with E-state index in [1.807, 2.05) is 30.3 Å². The lowest BCUT2D eigenvalue weighted by Gasteiger charge is -2.29. The maximum absolute atomic E-state index is 12.2. The molecule has 4 heteroatoms. The summed E-state index contributed by atoms with van der Waals surface area (Å²) in [5.41, 5.74) is 8.67. The van der Waals surface area contributed by atoms with E-state index in [4.69, 9.17) is 5.73 Å². The highest BCUT2D eigenvalue weighted by atomic mass is 35.5. The zero-order valence-electron chi connectivity index (χ0n) is 14.6. The highest BCUT2D eigenvalue weighted by molar-refractivity contribution is 5.85. The zero-order valence-corrected chi connectivity index (χ0v) is 15.4. The van der Waals surface area contributed by atoms with Crippen molar-refractivity contribution < 1.29 is 4.79 Å². The smallest absolute Gasteiger partial charge is 0.224 e. The van der Waals surface area contributed by atoms with Gasteiger partial charge < -0.3 is 11.1 Å². The molecule has 2 aromatic rings. The van der Waals surface area contributed by atoms with Crippen LogP contribution in [-0.2, 0) is 16.6 Å². The first kappa shape index (κ1) is 20.0. The van der Waals surface area contributed by atoms with Gasteiger partial charge in [-0.1, -0.05) is 56.3 Å². The van der Waals surface area contributed by atoms with Gasteiger partial charge in [0.15, 0.2) is 0 Å². The lowest BCUT2D eigenvalue weighted by molar-refractivity contribution is -0.121. The number of nitrogen functional groups attached to an aromatic ring is 1. The highest BCUT2D eigenvalue weighted by Crippen LogP contribution is 2.28. The minimum atomic E-state index is 0. The normalized spacial score (nSPS) is 12.1. The van der Waals surface area contributed by atoms with Gasteiger partial charge in [-0.15, -0.1) is 12.4 Å². The third kappa shape index (κ3) is 5.89. The Morgan fingerprint density at radius 2 is 1.67 bits per heavy atom. The van der Waals surface area contributed by atoms with Gasteiger partial charge in [-0.2, -0.15) is 0 Å². The molecule has 0 heterocycles. The van der Waals surface area contributed by atoms with Crippen molar-refractivity contribution in [1.29, 1.82) is 0 Å². The van der Waals surface area contributed by atoms with Gasteiger partial charge in [-0.3, -0.25) is 4.79 Å². The lowest BCUT2D eigenvalue weighted by Crippen LogP contribution is -2.38. The fourth-order valence-corrected chi connectivity index (χ4v) is 2.97. The second-order valence-electron chi connectivity index (χ2n) is 6.84. The summed E-state index contributed by atoms with van der Waals surface area (Å²) in [6.07, 6.45) is 1.28. The van der Waals surface area contributed by atoms with E-state index in [1.165, 1.54) is 5.56 Å². The monoisotopic (exact) mass is 346 g/mol. The summed E-state index contributed by atoms with van der Waals surface area (Å²) in [5, 5.41) is 3.10. The fourth-order valence-electron chi connectivity index (χ4n) is 2.97. The van der Waals surface area contributed by atoms with Crippen molar-refractivity contribution in [2.75, 3.05) is 5.73 Å². The van der Waals surface area contributed by atoms with E-state index in [0.717, 1.165) is 12.0 Å². The number of rotatable bonds is 6. The number of hydrogen-bond donors (Lipinski definition) is 2. The molecule has 24 heavy (non-hydrogen) atoms. The van der Waals surface area contributed by atoms with E-state index in [0.29, 0.717) is 12.1 Å². The molecule has 2 aromatic carbocycles. The first-order valence-corrected chi connectivity index (χ1v) is 8.06. The summed E-state index contributed by atoms with van der Waals surface area (Å²) in [6, 6.07) is 18.0. The first-order valence-electron chi connectivity index (χ1n) is 8.06. The molecule has 0 aliphatic heterocycles. The number of nitrogens with one attached hydrogen (secondary N) is 1. The average Bonchev–Trinajstić information content (AvgIpc) is 2.49. The number of benzene rings is 2. The Labute approximate surface area is 151 Å². The molecule has 2 rings (SSSR count). The number of hydrogen-bond acceptors (Lipinski definition) is 2. The van der Waals surface area contributed by atoms with Crippen LogP contribution in [0.5, 0.6) is 0 Å². The van der Waals surface area contributed by atoms with Crippen molar-refractivity contribution >= 4 is 24.0 Å².